The fourth-order valence-electron chi connectivity index (χ4n) is 3.36. The molecule has 1 fully saturated rings. The minimum atomic E-state index is -3.96. The number of hydrogen-bond donors (Lipinski definition) is 0. The van der Waals surface area contributed by atoms with Gasteiger partial charge in [-0.1, -0.05) is 36.0 Å². The molecule has 0 bridgehead atoms. The molecule has 3 aromatic rings. The van der Waals surface area contributed by atoms with Gasteiger partial charge in [-0.25, -0.2) is 12.8 Å². The Morgan fingerprint density at radius 3 is 2.34 bits per heavy atom. The summed E-state index contributed by atoms with van der Waals surface area (Å²) in [5.74, 6) is -0.453. The van der Waals surface area contributed by atoms with Gasteiger partial charge in [0.05, 0.1) is 10.6 Å². The molecule has 1 amide bonds. The maximum atomic E-state index is 13.4. The summed E-state index contributed by atoms with van der Waals surface area (Å²) in [5, 5.41) is 7.88. The van der Waals surface area contributed by atoms with Crippen LogP contribution in [0.5, 0.6) is 0 Å². The lowest BCUT2D eigenvalue weighted by Gasteiger charge is -2.36. The SMILES string of the molecule is O=C(CSc1ccc(S(=O)(=O)c2cccc(F)c2)nn1)N1CCN(c2ccccc2)CC1. The number of halogens is 1. The minimum Gasteiger partial charge on any atom is -0.368 e. The minimum absolute atomic E-state index is 0.000899. The van der Waals surface area contributed by atoms with Crippen molar-refractivity contribution < 1.29 is 17.6 Å². The van der Waals surface area contributed by atoms with Crippen molar-refractivity contribution >= 4 is 33.2 Å². The third kappa shape index (κ3) is 5.08. The number of rotatable bonds is 6. The van der Waals surface area contributed by atoms with Gasteiger partial charge in [-0.3, -0.25) is 4.79 Å². The summed E-state index contributed by atoms with van der Waals surface area (Å²) in [6, 6.07) is 17.7. The lowest BCUT2D eigenvalue weighted by molar-refractivity contribution is -0.128. The van der Waals surface area contributed by atoms with E-state index in [1.165, 1.54) is 42.1 Å². The Labute approximate surface area is 190 Å². The molecule has 10 heteroatoms. The molecule has 0 unspecified atom stereocenters. The van der Waals surface area contributed by atoms with E-state index in [-0.39, 0.29) is 21.6 Å². The van der Waals surface area contributed by atoms with Gasteiger partial charge in [-0.05, 0) is 42.5 Å². The highest BCUT2D eigenvalue weighted by Gasteiger charge is 2.23. The number of sulfone groups is 1. The topological polar surface area (TPSA) is 83.5 Å². The van der Waals surface area contributed by atoms with E-state index in [4.69, 9.17) is 0 Å². The van der Waals surface area contributed by atoms with Gasteiger partial charge in [-0.15, -0.1) is 10.2 Å². The second-order valence-electron chi connectivity index (χ2n) is 7.16. The van der Waals surface area contributed by atoms with Gasteiger partial charge >= 0.3 is 0 Å². The second-order valence-corrected chi connectivity index (χ2v) is 10.1. The average molecular weight is 473 g/mol. The molecular formula is C22H21FN4O3S2. The van der Waals surface area contributed by atoms with E-state index in [1.807, 2.05) is 23.1 Å². The zero-order chi connectivity index (χ0) is 22.6. The monoisotopic (exact) mass is 472 g/mol. The molecule has 1 aliphatic heterocycles. The van der Waals surface area contributed by atoms with Crippen LogP contribution in [0.15, 0.2) is 81.7 Å². The standard InChI is InChI=1S/C22H21FN4O3S2/c23-17-5-4-8-19(15-17)32(29,30)21-10-9-20(24-25-21)31-16-22(28)27-13-11-26(12-14-27)18-6-2-1-3-7-18/h1-10,15H,11-14,16H2. The molecule has 32 heavy (non-hydrogen) atoms. The molecule has 166 valence electrons. The number of aromatic nitrogens is 2. The predicted molar refractivity (Wildman–Crippen MR) is 120 cm³/mol. The molecule has 0 atom stereocenters. The average Bonchev–Trinajstić information content (AvgIpc) is 2.83. The number of carbonyl (C=O) groups is 1. The van der Waals surface area contributed by atoms with Crippen molar-refractivity contribution in [3.63, 3.8) is 0 Å². The molecule has 1 aliphatic rings. The van der Waals surface area contributed by atoms with Gasteiger partial charge in [0.15, 0.2) is 5.03 Å². The van der Waals surface area contributed by atoms with E-state index in [0.29, 0.717) is 18.1 Å². The van der Waals surface area contributed by atoms with Gasteiger partial charge in [0.25, 0.3) is 0 Å². The van der Waals surface area contributed by atoms with Crippen LogP contribution in [0.4, 0.5) is 10.1 Å². The van der Waals surface area contributed by atoms with Gasteiger partial charge in [0, 0.05) is 31.9 Å². The Kier molecular flexibility index (Phi) is 6.71. The Morgan fingerprint density at radius 2 is 1.69 bits per heavy atom. The Morgan fingerprint density at radius 1 is 0.938 bits per heavy atom. The third-order valence-electron chi connectivity index (χ3n) is 5.09. The van der Waals surface area contributed by atoms with E-state index in [9.17, 15) is 17.6 Å². The van der Waals surface area contributed by atoms with E-state index < -0.39 is 15.7 Å². The number of hydrogen-bond acceptors (Lipinski definition) is 7. The highest BCUT2D eigenvalue weighted by atomic mass is 32.2. The first-order chi connectivity index (χ1) is 15.4. The summed E-state index contributed by atoms with van der Waals surface area (Å²) in [4.78, 5) is 16.5. The third-order valence-corrected chi connectivity index (χ3v) is 7.64. The van der Waals surface area contributed by atoms with Crippen molar-refractivity contribution in [2.24, 2.45) is 0 Å². The van der Waals surface area contributed by atoms with Crippen LogP contribution in [0, 0.1) is 5.82 Å². The number of benzene rings is 2. The van der Waals surface area contributed by atoms with Crippen molar-refractivity contribution in [3.05, 3.63) is 72.5 Å². The number of thioether (sulfide) groups is 1. The number of piperazine rings is 1. The molecule has 0 saturated carbocycles. The van der Waals surface area contributed by atoms with Crippen LogP contribution in [-0.2, 0) is 14.6 Å². The van der Waals surface area contributed by atoms with Crippen LogP contribution >= 0.6 is 11.8 Å². The predicted octanol–water partition coefficient (Wildman–Crippen LogP) is 2.89. The van der Waals surface area contributed by atoms with E-state index >= 15 is 0 Å². The van der Waals surface area contributed by atoms with E-state index in [1.54, 1.807) is 0 Å². The summed E-state index contributed by atoms with van der Waals surface area (Å²) < 4.78 is 38.5. The van der Waals surface area contributed by atoms with Crippen LogP contribution in [0.2, 0.25) is 0 Å². The highest BCUT2D eigenvalue weighted by Crippen LogP contribution is 2.22. The molecule has 0 N–H and O–H groups in total. The summed E-state index contributed by atoms with van der Waals surface area (Å²) in [6.07, 6.45) is 0. The molecule has 0 aliphatic carbocycles. The first kappa shape index (κ1) is 22.2. The second kappa shape index (κ2) is 9.66. The van der Waals surface area contributed by atoms with Gasteiger partial charge < -0.3 is 9.80 Å². The highest BCUT2D eigenvalue weighted by molar-refractivity contribution is 7.99. The molecule has 2 heterocycles. The van der Waals surface area contributed by atoms with Crippen molar-refractivity contribution in [2.45, 2.75) is 14.9 Å². The maximum Gasteiger partial charge on any atom is 0.233 e. The van der Waals surface area contributed by atoms with Crippen molar-refractivity contribution in [3.8, 4) is 0 Å². The van der Waals surface area contributed by atoms with Crippen LogP contribution in [0.1, 0.15) is 0 Å². The fourth-order valence-corrected chi connectivity index (χ4v) is 5.24. The molecular weight excluding hydrogens is 451 g/mol. The molecule has 2 aromatic carbocycles. The molecule has 0 radical (unpaired) electrons. The molecule has 4 rings (SSSR count). The lowest BCUT2D eigenvalue weighted by Crippen LogP contribution is -2.49. The zero-order valence-corrected chi connectivity index (χ0v) is 18.7. The Balaban J connectivity index is 1.31. The van der Waals surface area contributed by atoms with Crippen molar-refractivity contribution in [1.29, 1.82) is 0 Å². The largest absolute Gasteiger partial charge is 0.368 e. The van der Waals surface area contributed by atoms with E-state index in [2.05, 4.69) is 27.2 Å². The van der Waals surface area contributed by atoms with Crippen LogP contribution in [0.25, 0.3) is 0 Å². The molecule has 1 aromatic heterocycles. The number of carbonyl (C=O) groups excluding carboxylic acids is 1. The quantitative estimate of drug-likeness (QED) is 0.510. The summed E-state index contributed by atoms with van der Waals surface area (Å²) in [7, 11) is -3.96. The summed E-state index contributed by atoms with van der Waals surface area (Å²) >= 11 is 1.20. The van der Waals surface area contributed by atoms with Gasteiger partial charge in [-0.2, -0.15) is 0 Å². The van der Waals surface area contributed by atoms with Crippen molar-refractivity contribution in [2.75, 3.05) is 36.8 Å². The fraction of sp³-hybridized carbons (Fsp3) is 0.227. The molecule has 1 saturated heterocycles. The number of para-hydroxylation sites is 1. The van der Waals surface area contributed by atoms with Gasteiger partial charge in [0.2, 0.25) is 15.7 Å². The number of anilines is 1. The number of amides is 1. The number of nitrogens with zero attached hydrogens (tertiary/aromatic N) is 4. The van der Waals surface area contributed by atoms with Crippen LogP contribution < -0.4 is 4.90 Å². The zero-order valence-electron chi connectivity index (χ0n) is 17.1. The first-order valence-corrected chi connectivity index (χ1v) is 12.5. The van der Waals surface area contributed by atoms with Gasteiger partial charge in [0.1, 0.15) is 10.8 Å². The Hall–Kier alpha value is -2.98. The van der Waals surface area contributed by atoms with Crippen molar-refractivity contribution in [1.82, 2.24) is 15.1 Å². The lowest BCUT2D eigenvalue weighted by atomic mass is 10.2. The normalized spacial score (nSPS) is 14.4. The van der Waals surface area contributed by atoms with Crippen LogP contribution in [-0.4, -0.2) is 61.4 Å². The maximum absolute atomic E-state index is 13.4. The smallest absolute Gasteiger partial charge is 0.233 e. The summed E-state index contributed by atoms with van der Waals surface area (Å²) in [6.45, 7) is 2.83. The first-order valence-electron chi connectivity index (χ1n) is 9.98. The summed E-state index contributed by atoms with van der Waals surface area (Å²) in [5.41, 5.74) is 1.15. The molecule has 0 spiro atoms. The van der Waals surface area contributed by atoms with E-state index in [0.717, 1.165) is 24.8 Å². The Bertz CT molecular complexity index is 1180. The molecule has 7 nitrogen and oxygen atoms in total. The van der Waals surface area contributed by atoms with Crippen LogP contribution in [0.3, 0.4) is 0 Å².